The lowest BCUT2D eigenvalue weighted by Gasteiger charge is -2.13. The highest BCUT2D eigenvalue weighted by atomic mass is 16.6. The number of carbonyl (C=O) groups is 1. The number of nitrogens with zero attached hydrogens (tertiary/aromatic N) is 1. The molecule has 1 saturated carbocycles. The maximum atomic E-state index is 11.7. The van der Waals surface area contributed by atoms with Crippen LogP contribution in [0.4, 0.5) is 0 Å². The van der Waals surface area contributed by atoms with Crippen molar-refractivity contribution in [1.29, 1.82) is 0 Å². The van der Waals surface area contributed by atoms with E-state index in [0.717, 1.165) is 32.1 Å². The Morgan fingerprint density at radius 1 is 1.06 bits per heavy atom. The van der Waals surface area contributed by atoms with Crippen molar-refractivity contribution in [1.82, 2.24) is 0 Å². The molecule has 0 spiro atoms. The van der Waals surface area contributed by atoms with Gasteiger partial charge in [0.1, 0.15) is 5.78 Å². The standard InChI is InChI=1S/C13H23NO3/c15-13-9-7-5-3-1-2-4-6-8-12(10-13)11-14(16)17/h12H,1-11H2. The molecule has 0 N–H and O–H groups in total. The number of rotatable bonds is 2. The molecule has 0 aliphatic heterocycles. The zero-order valence-electron chi connectivity index (χ0n) is 10.5. The van der Waals surface area contributed by atoms with Crippen molar-refractivity contribution in [3.8, 4) is 0 Å². The Hall–Kier alpha value is -0.930. The minimum Gasteiger partial charge on any atom is -0.300 e. The molecule has 0 bridgehead atoms. The molecule has 0 radical (unpaired) electrons. The van der Waals surface area contributed by atoms with Gasteiger partial charge in [-0.15, -0.1) is 0 Å². The van der Waals surface area contributed by atoms with E-state index in [9.17, 15) is 14.9 Å². The van der Waals surface area contributed by atoms with Crippen LogP contribution in [-0.2, 0) is 4.79 Å². The van der Waals surface area contributed by atoms with Gasteiger partial charge >= 0.3 is 0 Å². The summed E-state index contributed by atoms with van der Waals surface area (Å²) < 4.78 is 0. The van der Waals surface area contributed by atoms with E-state index in [1.165, 1.54) is 19.3 Å². The van der Waals surface area contributed by atoms with E-state index in [0.29, 0.717) is 12.8 Å². The van der Waals surface area contributed by atoms with Gasteiger partial charge in [-0.05, 0) is 12.8 Å². The van der Waals surface area contributed by atoms with Gasteiger partial charge in [-0.1, -0.05) is 38.5 Å². The third-order valence-corrected chi connectivity index (χ3v) is 3.49. The normalized spacial score (nSPS) is 24.7. The molecule has 1 rings (SSSR count). The molecule has 4 nitrogen and oxygen atoms in total. The van der Waals surface area contributed by atoms with Gasteiger partial charge in [0.05, 0.1) is 0 Å². The van der Waals surface area contributed by atoms with Crippen LogP contribution in [0.1, 0.15) is 64.2 Å². The summed E-state index contributed by atoms with van der Waals surface area (Å²) in [5.74, 6) is 0.189. The Labute approximate surface area is 103 Å². The summed E-state index contributed by atoms with van der Waals surface area (Å²) in [7, 11) is 0. The molecule has 98 valence electrons. The monoisotopic (exact) mass is 241 g/mol. The molecule has 0 amide bonds. The number of Topliss-reactive ketones (excluding diaryl/α,β-unsaturated/α-hetero) is 1. The molecule has 0 heterocycles. The predicted octanol–water partition coefficient (Wildman–Crippen LogP) is 3.36. The van der Waals surface area contributed by atoms with Crippen molar-refractivity contribution >= 4 is 5.78 Å². The van der Waals surface area contributed by atoms with Crippen LogP contribution < -0.4 is 0 Å². The lowest BCUT2D eigenvalue weighted by atomic mass is 9.92. The van der Waals surface area contributed by atoms with Crippen molar-refractivity contribution in [2.45, 2.75) is 64.2 Å². The van der Waals surface area contributed by atoms with Crippen LogP contribution in [0.2, 0.25) is 0 Å². The number of nitro groups is 1. The number of carbonyl (C=O) groups excluding carboxylic acids is 1. The summed E-state index contributed by atoms with van der Waals surface area (Å²) in [5.41, 5.74) is 0. The highest BCUT2D eigenvalue weighted by Gasteiger charge is 2.19. The molecule has 1 aliphatic carbocycles. The Morgan fingerprint density at radius 3 is 2.29 bits per heavy atom. The first-order chi connectivity index (χ1) is 8.18. The van der Waals surface area contributed by atoms with Gasteiger partial charge in [0.25, 0.3) is 0 Å². The van der Waals surface area contributed by atoms with Crippen LogP contribution in [0.25, 0.3) is 0 Å². The van der Waals surface area contributed by atoms with Crippen LogP contribution in [0.5, 0.6) is 0 Å². The van der Waals surface area contributed by atoms with Gasteiger partial charge in [0, 0.05) is 23.7 Å². The fourth-order valence-electron chi connectivity index (χ4n) is 2.53. The molecule has 0 saturated heterocycles. The van der Waals surface area contributed by atoms with Gasteiger partial charge in [-0.2, -0.15) is 0 Å². The van der Waals surface area contributed by atoms with Crippen LogP contribution >= 0.6 is 0 Å². The van der Waals surface area contributed by atoms with Gasteiger partial charge < -0.3 is 0 Å². The van der Waals surface area contributed by atoms with E-state index in [4.69, 9.17) is 0 Å². The first-order valence-electron chi connectivity index (χ1n) is 6.82. The predicted molar refractivity (Wildman–Crippen MR) is 66.5 cm³/mol. The Bertz CT molecular complexity index is 253. The Kier molecular flexibility index (Phi) is 6.82. The average molecular weight is 241 g/mol. The highest BCUT2D eigenvalue weighted by molar-refractivity contribution is 5.78. The molecule has 17 heavy (non-hydrogen) atoms. The molecular formula is C13H23NO3. The quantitative estimate of drug-likeness (QED) is 0.550. The fourth-order valence-corrected chi connectivity index (χ4v) is 2.53. The number of hydrogen-bond donors (Lipinski definition) is 0. The van der Waals surface area contributed by atoms with E-state index >= 15 is 0 Å². The molecule has 0 aromatic carbocycles. The molecule has 0 aromatic rings. The molecule has 1 atom stereocenters. The largest absolute Gasteiger partial charge is 0.300 e. The molecule has 4 heteroatoms. The maximum absolute atomic E-state index is 11.7. The lowest BCUT2D eigenvalue weighted by molar-refractivity contribution is -0.488. The lowest BCUT2D eigenvalue weighted by Crippen LogP contribution is -2.18. The summed E-state index contributed by atoms with van der Waals surface area (Å²) in [4.78, 5) is 21.9. The first-order valence-corrected chi connectivity index (χ1v) is 6.82. The zero-order chi connectivity index (χ0) is 12.5. The highest BCUT2D eigenvalue weighted by Crippen LogP contribution is 2.19. The molecule has 1 fully saturated rings. The van der Waals surface area contributed by atoms with Crippen LogP contribution in [0.15, 0.2) is 0 Å². The third-order valence-electron chi connectivity index (χ3n) is 3.49. The Balaban J connectivity index is 2.42. The van der Waals surface area contributed by atoms with Crippen LogP contribution in [0.3, 0.4) is 0 Å². The topological polar surface area (TPSA) is 60.2 Å². The maximum Gasteiger partial charge on any atom is 0.207 e. The summed E-state index contributed by atoms with van der Waals surface area (Å²) in [6.45, 7) is -0.0360. The van der Waals surface area contributed by atoms with E-state index in [-0.39, 0.29) is 23.2 Å². The minimum absolute atomic E-state index is 0.0306. The van der Waals surface area contributed by atoms with Gasteiger partial charge in [-0.3, -0.25) is 14.9 Å². The summed E-state index contributed by atoms with van der Waals surface area (Å²) in [5, 5.41) is 10.5. The number of hydrogen-bond acceptors (Lipinski definition) is 3. The van der Waals surface area contributed by atoms with Crippen molar-refractivity contribution < 1.29 is 9.72 Å². The molecule has 1 aliphatic rings. The van der Waals surface area contributed by atoms with E-state index in [1.807, 2.05) is 0 Å². The van der Waals surface area contributed by atoms with E-state index < -0.39 is 0 Å². The summed E-state index contributed by atoms with van der Waals surface area (Å²) in [6, 6.07) is 0. The van der Waals surface area contributed by atoms with E-state index in [1.54, 1.807) is 0 Å². The van der Waals surface area contributed by atoms with Crippen molar-refractivity contribution in [2.75, 3.05) is 6.54 Å². The SMILES string of the molecule is O=C1CCCCCCCCCC(C[N+](=O)[O-])C1. The second-order valence-electron chi connectivity index (χ2n) is 5.14. The van der Waals surface area contributed by atoms with Crippen molar-refractivity contribution in [2.24, 2.45) is 5.92 Å². The second-order valence-corrected chi connectivity index (χ2v) is 5.14. The molecular weight excluding hydrogens is 218 g/mol. The van der Waals surface area contributed by atoms with Gasteiger partial charge in [-0.25, -0.2) is 0 Å². The summed E-state index contributed by atoms with van der Waals surface area (Å²) in [6.07, 6.45) is 9.87. The van der Waals surface area contributed by atoms with Crippen molar-refractivity contribution in [3.05, 3.63) is 10.1 Å². The number of ketones is 1. The third kappa shape index (κ3) is 7.08. The fraction of sp³-hybridized carbons (Fsp3) is 0.923. The zero-order valence-corrected chi connectivity index (χ0v) is 10.5. The van der Waals surface area contributed by atoms with Gasteiger partial charge in [0.15, 0.2) is 0 Å². The van der Waals surface area contributed by atoms with Crippen LogP contribution in [-0.4, -0.2) is 17.3 Å². The van der Waals surface area contributed by atoms with Crippen LogP contribution in [0, 0.1) is 16.0 Å². The second kappa shape index (κ2) is 8.20. The first kappa shape index (κ1) is 14.1. The van der Waals surface area contributed by atoms with Gasteiger partial charge in [0.2, 0.25) is 6.54 Å². The molecule has 1 unspecified atom stereocenters. The van der Waals surface area contributed by atoms with Crippen molar-refractivity contribution in [3.63, 3.8) is 0 Å². The molecule has 0 aromatic heterocycles. The minimum atomic E-state index is -0.274. The summed E-state index contributed by atoms with van der Waals surface area (Å²) >= 11 is 0. The average Bonchev–Trinajstić information content (AvgIpc) is 2.23. The Morgan fingerprint density at radius 2 is 1.65 bits per heavy atom. The van der Waals surface area contributed by atoms with E-state index in [2.05, 4.69) is 0 Å². The smallest absolute Gasteiger partial charge is 0.207 e.